The number of halogens is 1. The normalized spacial score (nSPS) is 12.3. The Hall–Kier alpha value is -2.48. The van der Waals surface area contributed by atoms with Crippen LogP contribution in [0.25, 0.3) is 11.0 Å². The summed E-state index contributed by atoms with van der Waals surface area (Å²) in [5.74, 6) is 2.60. The van der Waals surface area contributed by atoms with E-state index in [1.165, 1.54) is 0 Å². The van der Waals surface area contributed by atoms with Crippen LogP contribution in [0.2, 0.25) is 5.02 Å². The Balaban J connectivity index is 2.06. The Bertz CT molecular complexity index is 1040. The first-order chi connectivity index (χ1) is 11.9. The second-order valence-electron chi connectivity index (χ2n) is 6.24. The summed E-state index contributed by atoms with van der Waals surface area (Å²) in [6.07, 6.45) is 4.73. The van der Waals surface area contributed by atoms with Crippen molar-refractivity contribution >= 4 is 22.6 Å². The van der Waals surface area contributed by atoms with Gasteiger partial charge < -0.3 is 9.67 Å². The van der Waals surface area contributed by atoms with Gasteiger partial charge in [-0.1, -0.05) is 35.7 Å². The number of hydrogen-bond acceptors (Lipinski definition) is 2. The average Bonchev–Trinajstić information content (AvgIpc) is 2.83. The van der Waals surface area contributed by atoms with Crippen LogP contribution in [-0.2, 0) is 13.1 Å². The number of hydrogen-bond donors (Lipinski definition) is 2. The number of aliphatic hydroxyl groups is 1. The van der Waals surface area contributed by atoms with Crippen molar-refractivity contribution in [3.63, 3.8) is 0 Å². The van der Waals surface area contributed by atoms with Crippen molar-refractivity contribution in [2.75, 3.05) is 0 Å². The van der Waals surface area contributed by atoms with Gasteiger partial charge in [-0.05, 0) is 48.7 Å². The maximum atomic E-state index is 10.7. The highest BCUT2D eigenvalue weighted by atomic mass is 35.5. The minimum absolute atomic E-state index is 0.275. The highest BCUT2D eigenvalue weighted by Crippen LogP contribution is 2.23. The van der Waals surface area contributed by atoms with Crippen LogP contribution in [-0.4, -0.2) is 14.2 Å². The summed E-state index contributed by atoms with van der Waals surface area (Å²) in [6, 6.07) is 11.5. The van der Waals surface area contributed by atoms with E-state index in [2.05, 4.69) is 5.92 Å². The zero-order valence-electron chi connectivity index (χ0n) is 14.3. The number of terminal acetylenes is 1. The van der Waals surface area contributed by atoms with E-state index in [0.717, 1.165) is 27.7 Å². The van der Waals surface area contributed by atoms with E-state index in [-0.39, 0.29) is 12.2 Å². The highest BCUT2D eigenvalue weighted by Gasteiger charge is 2.15. The molecule has 0 aliphatic heterocycles. The molecule has 3 aromatic rings. The SMILES string of the molecule is C#CCn1c(=N)n(CC(O)c2ccc(Cl)c(C)c2)c2ccc(C)cc21. The number of aromatic nitrogens is 2. The van der Waals surface area contributed by atoms with Gasteiger partial charge in [0.15, 0.2) is 0 Å². The van der Waals surface area contributed by atoms with Gasteiger partial charge in [-0.15, -0.1) is 6.42 Å². The molecule has 2 N–H and O–H groups in total. The van der Waals surface area contributed by atoms with Crippen LogP contribution in [0, 0.1) is 31.6 Å². The molecule has 2 aromatic carbocycles. The summed E-state index contributed by atoms with van der Waals surface area (Å²) in [5.41, 5.74) is 4.86. The maximum absolute atomic E-state index is 10.7. The molecule has 0 saturated carbocycles. The number of fused-ring (bicyclic) bond motifs is 1. The molecule has 4 nitrogen and oxygen atoms in total. The summed E-state index contributed by atoms with van der Waals surface area (Å²) in [5, 5.41) is 19.8. The highest BCUT2D eigenvalue weighted by molar-refractivity contribution is 6.31. The Morgan fingerprint density at radius 3 is 2.60 bits per heavy atom. The van der Waals surface area contributed by atoms with E-state index in [4.69, 9.17) is 23.4 Å². The van der Waals surface area contributed by atoms with E-state index < -0.39 is 6.10 Å². The van der Waals surface area contributed by atoms with Crippen molar-refractivity contribution in [1.82, 2.24) is 9.13 Å². The van der Waals surface area contributed by atoms with Gasteiger partial charge in [0.25, 0.3) is 0 Å². The Morgan fingerprint density at radius 2 is 1.92 bits per heavy atom. The number of imidazole rings is 1. The summed E-state index contributed by atoms with van der Waals surface area (Å²) in [6.45, 7) is 4.51. The molecule has 1 heterocycles. The number of benzene rings is 2. The number of rotatable bonds is 4. The molecule has 0 spiro atoms. The zero-order valence-corrected chi connectivity index (χ0v) is 15.0. The van der Waals surface area contributed by atoms with Gasteiger partial charge in [-0.25, -0.2) is 0 Å². The molecule has 1 atom stereocenters. The van der Waals surface area contributed by atoms with Crippen molar-refractivity contribution in [2.45, 2.75) is 33.0 Å². The molecular formula is C20H20ClN3O. The molecule has 1 unspecified atom stereocenters. The molecular weight excluding hydrogens is 334 g/mol. The molecule has 0 bridgehead atoms. The molecule has 1 aromatic heterocycles. The van der Waals surface area contributed by atoms with Crippen molar-refractivity contribution in [1.29, 1.82) is 5.41 Å². The first kappa shape index (κ1) is 17.3. The summed E-state index contributed by atoms with van der Waals surface area (Å²) < 4.78 is 3.57. The molecule has 0 aliphatic carbocycles. The fraction of sp³-hybridized carbons (Fsp3) is 0.250. The number of nitrogens with one attached hydrogen (secondary N) is 1. The molecule has 0 aliphatic rings. The third-order valence-electron chi connectivity index (χ3n) is 4.40. The van der Waals surface area contributed by atoms with Crippen LogP contribution in [0.4, 0.5) is 0 Å². The molecule has 0 fully saturated rings. The maximum Gasteiger partial charge on any atom is 0.203 e. The fourth-order valence-electron chi connectivity index (χ4n) is 3.04. The monoisotopic (exact) mass is 353 g/mol. The lowest BCUT2D eigenvalue weighted by molar-refractivity contribution is 0.155. The largest absolute Gasteiger partial charge is 0.387 e. The quantitative estimate of drug-likeness (QED) is 0.692. The van der Waals surface area contributed by atoms with E-state index in [0.29, 0.717) is 11.6 Å². The average molecular weight is 354 g/mol. The molecule has 3 rings (SSSR count). The van der Waals surface area contributed by atoms with E-state index >= 15 is 0 Å². The van der Waals surface area contributed by atoms with Gasteiger partial charge in [0.1, 0.15) is 0 Å². The lowest BCUT2D eigenvalue weighted by atomic mass is 10.1. The number of aliphatic hydroxyl groups excluding tert-OH is 1. The van der Waals surface area contributed by atoms with E-state index in [1.807, 2.05) is 44.2 Å². The van der Waals surface area contributed by atoms with Crippen molar-refractivity contribution in [2.24, 2.45) is 0 Å². The summed E-state index contributed by atoms with van der Waals surface area (Å²) in [4.78, 5) is 0. The lowest BCUT2D eigenvalue weighted by Gasteiger charge is -2.14. The zero-order chi connectivity index (χ0) is 18.1. The Labute approximate surface area is 151 Å². The second-order valence-corrected chi connectivity index (χ2v) is 6.65. The lowest BCUT2D eigenvalue weighted by Crippen LogP contribution is -2.26. The van der Waals surface area contributed by atoms with Crippen LogP contribution in [0.15, 0.2) is 36.4 Å². The van der Waals surface area contributed by atoms with Crippen molar-refractivity contribution in [3.05, 3.63) is 63.7 Å². The van der Waals surface area contributed by atoms with Gasteiger partial charge in [-0.3, -0.25) is 9.98 Å². The third kappa shape index (κ3) is 3.21. The molecule has 0 radical (unpaired) electrons. The van der Waals surface area contributed by atoms with Crippen LogP contribution >= 0.6 is 11.6 Å². The molecule has 25 heavy (non-hydrogen) atoms. The van der Waals surface area contributed by atoms with Gasteiger partial charge in [0, 0.05) is 5.02 Å². The van der Waals surface area contributed by atoms with Crippen molar-refractivity contribution in [3.8, 4) is 12.3 Å². The molecule has 5 heteroatoms. The number of aryl methyl sites for hydroxylation is 2. The minimum Gasteiger partial charge on any atom is -0.387 e. The first-order valence-electron chi connectivity index (χ1n) is 8.04. The van der Waals surface area contributed by atoms with Gasteiger partial charge in [0.05, 0.1) is 30.2 Å². The molecule has 0 saturated heterocycles. The van der Waals surface area contributed by atoms with Gasteiger partial charge in [0.2, 0.25) is 5.62 Å². The Kier molecular flexibility index (Phi) is 4.71. The first-order valence-corrected chi connectivity index (χ1v) is 8.42. The van der Waals surface area contributed by atoms with Crippen LogP contribution in [0.3, 0.4) is 0 Å². The van der Waals surface area contributed by atoms with Gasteiger partial charge >= 0.3 is 0 Å². The second kappa shape index (κ2) is 6.79. The van der Waals surface area contributed by atoms with Gasteiger partial charge in [-0.2, -0.15) is 0 Å². The minimum atomic E-state index is -0.740. The summed E-state index contributed by atoms with van der Waals surface area (Å²) in [7, 11) is 0. The summed E-state index contributed by atoms with van der Waals surface area (Å²) >= 11 is 6.06. The molecule has 128 valence electrons. The predicted octanol–water partition coefficient (Wildman–Crippen LogP) is 3.56. The Morgan fingerprint density at radius 1 is 1.16 bits per heavy atom. The van der Waals surface area contributed by atoms with Crippen LogP contribution in [0.5, 0.6) is 0 Å². The van der Waals surface area contributed by atoms with Crippen LogP contribution in [0.1, 0.15) is 22.8 Å². The van der Waals surface area contributed by atoms with E-state index in [1.54, 1.807) is 15.2 Å². The predicted molar refractivity (Wildman–Crippen MR) is 101 cm³/mol. The fourth-order valence-corrected chi connectivity index (χ4v) is 3.16. The number of nitrogens with zero attached hydrogens (tertiary/aromatic N) is 2. The smallest absolute Gasteiger partial charge is 0.203 e. The van der Waals surface area contributed by atoms with Crippen LogP contribution < -0.4 is 5.62 Å². The third-order valence-corrected chi connectivity index (χ3v) is 4.82. The standard InChI is InChI=1S/C20H20ClN3O/c1-4-9-23-18-10-13(2)5-8-17(18)24(20(23)22)12-19(25)15-6-7-16(21)14(3)11-15/h1,5-8,10-11,19,22,25H,9,12H2,2-3H3. The van der Waals surface area contributed by atoms with Crippen molar-refractivity contribution < 1.29 is 5.11 Å². The van der Waals surface area contributed by atoms with E-state index in [9.17, 15) is 5.11 Å². The topological polar surface area (TPSA) is 53.9 Å². The molecule has 0 amide bonds.